The largest absolute Gasteiger partial charge is 0.463 e. The number of fused-ring (bicyclic) bond motifs is 1. The summed E-state index contributed by atoms with van der Waals surface area (Å²) < 4.78 is 33.5. The van der Waals surface area contributed by atoms with Gasteiger partial charge in [0.15, 0.2) is 12.2 Å². The highest BCUT2D eigenvalue weighted by Gasteiger charge is 2.46. The quantitative estimate of drug-likeness (QED) is 0.0711. The van der Waals surface area contributed by atoms with Crippen molar-refractivity contribution >= 4 is 32.2 Å². The lowest BCUT2D eigenvalue weighted by molar-refractivity contribution is -0.244. The number of carbonyl (C=O) groups excluding carboxylic acids is 3. The Morgan fingerprint density at radius 2 is 1.25 bits per heavy atom. The summed E-state index contributed by atoms with van der Waals surface area (Å²) in [6, 6.07) is -0.150. The number of nitrogens with zero attached hydrogens (tertiary/aromatic N) is 1. The molecule has 2 saturated heterocycles. The number of aliphatic hydroxyl groups excluding tert-OH is 1. The number of esters is 2. The van der Waals surface area contributed by atoms with E-state index < -0.39 is 6.29 Å². The first-order valence-electron chi connectivity index (χ1n) is 19.4. The first-order valence-corrected chi connectivity index (χ1v) is 19.4. The minimum atomic E-state index is -0.536. The maximum Gasteiger partial charge on any atom is 0.302 e. The molecular formula is C42H72BN2O10. The van der Waals surface area contributed by atoms with E-state index in [1.54, 1.807) is 0 Å². The molecule has 0 saturated carbocycles. The summed E-state index contributed by atoms with van der Waals surface area (Å²) in [4.78, 5) is 38.0. The van der Waals surface area contributed by atoms with Gasteiger partial charge in [0.25, 0.3) is 0 Å². The maximum absolute atomic E-state index is 11.6. The minimum absolute atomic E-state index is 0. The van der Waals surface area contributed by atoms with E-state index in [9.17, 15) is 14.4 Å². The number of rotatable bonds is 18. The van der Waals surface area contributed by atoms with Gasteiger partial charge in [-0.05, 0) is 49.4 Å². The molecule has 10 atom stereocenters. The molecule has 55 heavy (non-hydrogen) atoms. The van der Waals surface area contributed by atoms with Crippen molar-refractivity contribution in [3.05, 3.63) is 0 Å². The molecule has 3 aliphatic heterocycles. The third-order valence-corrected chi connectivity index (χ3v) is 9.99. The Morgan fingerprint density at radius 3 is 1.76 bits per heavy atom. The summed E-state index contributed by atoms with van der Waals surface area (Å²) in [6.45, 7) is 15.8. The van der Waals surface area contributed by atoms with Crippen LogP contribution in [0.15, 0.2) is 4.99 Å². The standard InChI is InChI=1S/C22H37NO5.C12H19NO4.C7H12O.CH4.B/c1-6-7-8-9-10-11-12-13-14-26-22-21(23-18(4)24)17(3)16(2)20(28-22)15-27-19(5)25;1-6-7(2)11-12(16-8(3)13-11)17-10(6)5-15-9(4)14;1-2-3-4-5-6-7-8;;/h1,16-17,20-22H,7-15H2,2-5H3,(H,23,24);6-7,10-12H,5H2,1-4H3;1,8H,3-7H2;1H4;. The molecule has 13 heteroatoms. The van der Waals surface area contributed by atoms with Crippen molar-refractivity contribution < 1.29 is 47.9 Å². The summed E-state index contributed by atoms with van der Waals surface area (Å²) in [7, 11) is 0. The van der Waals surface area contributed by atoms with Crippen LogP contribution in [0, 0.1) is 48.4 Å². The predicted octanol–water partition coefficient (Wildman–Crippen LogP) is 6.22. The summed E-state index contributed by atoms with van der Waals surface area (Å²) in [6.07, 6.45) is 20.4. The number of hydrogen-bond donors (Lipinski definition) is 2. The van der Waals surface area contributed by atoms with Gasteiger partial charge in [-0.1, -0.05) is 67.2 Å². The predicted molar refractivity (Wildman–Crippen MR) is 217 cm³/mol. The van der Waals surface area contributed by atoms with E-state index in [4.69, 9.17) is 46.4 Å². The third kappa shape index (κ3) is 21.7. The molecule has 2 N–H and O–H groups in total. The second-order valence-electron chi connectivity index (χ2n) is 14.3. The normalized spacial score (nSPS) is 27.4. The number of ether oxygens (including phenoxy) is 6. The molecule has 0 aromatic heterocycles. The number of terminal acetylenes is 2. The van der Waals surface area contributed by atoms with Crippen molar-refractivity contribution in [3.63, 3.8) is 0 Å². The Hall–Kier alpha value is -3.10. The molecule has 3 heterocycles. The van der Waals surface area contributed by atoms with Gasteiger partial charge in [-0.25, -0.2) is 4.99 Å². The molecule has 313 valence electrons. The lowest BCUT2D eigenvalue weighted by Gasteiger charge is -2.44. The van der Waals surface area contributed by atoms with Gasteiger partial charge in [0.1, 0.15) is 19.3 Å². The molecule has 0 aromatic rings. The number of aliphatic hydroxyl groups is 1. The smallest absolute Gasteiger partial charge is 0.302 e. The maximum atomic E-state index is 11.6. The van der Waals surface area contributed by atoms with E-state index >= 15 is 0 Å². The number of aliphatic imine (C=N–C) groups is 1. The first kappa shape index (κ1) is 54.0. The molecular weight excluding hydrogens is 703 g/mol. The number of nitrogens with one attached hydrogen (secondary N) is 1. The molecule has 1 amide bonds. The molecule has 0 bridgehead atoms. The minimum Gasteiger partial charge on any atom is -0.463 e. The van der Waals surface area contributed by atoms with Crippen LogP contribution in [0.5, 0.6) is 0 Å². The molecule has 3 rings (SSSR count). The lowest BCUT2D eigenvalue weighted by Crippen LogP contribution is -2.58. The van der Waals surface area contributed by atoms with Crippen LogP contribution in [0.25, 0.3) is 0 Å². The van der Waals surface area contributed by atoms with Gasteiger partial charge in [-0.3, -0.25) is 14.4 Å². The van der Waals surface area contributed by atoms with E-state index in [0.29, 0.717) is 25.0 Å². The van der Waals surface area contributed by atoms with Crippen molar-refractivity contribution in [1.29, 1.82) is 0 Å². The summed E-state index contributed by atoms with van der Waals surface area (Å²) in [5.41, 5.74) is 0. The van der Waals surface area contributed by atoms with Crippen molar-refractivity contribution in [3.8, 4) is 24.7 Å². The number of amides is 1. The Balaban J connectivity index is 0. The van der Waals surface area contributed by atoms with Crippen molar-refractivity contribution in [2.45, 2.75) is 170 Å². The molecule has 3 radical (unpaired) electrons. The molecule has 0 aliphatic carbocycles. The highest BCUT2D eigenvalue weighted by Crippen LogP contribution is 2.36. The van der Waals surface area contributed by atoms with Crippen LogP contribution in [0.3, 0.4) is 0 Å². The van der Waals surface area contributed by atoms with Crippen molar-refractivity contribution in [1.82, 2.24) is 5.32 Å². The Labute approximate surface area is 334 Å². The Bertz CT molecular complexity index is 1190. The first-order chi connectivity index (χ1) is 25.3. The zero-order valence-corrected chi connectivity index (χ0v) is 34.2. The Kier molecular flexibility index (Phi) is 30.5. The van der Waals surface area contributed by atoms with E-state index in [2.05, 4.69) is 42.9 Å². The average molecular weight is 776 g/mol. The van der Waals surface area contributed by atoms with Crippen LogP contribution in [0.2, 0.25) is 0 Å². The Morgan fingerprint density at radius 1 is 0.764 bits per heavy atom. The van der Waals surface area contributed by atoms with Gasteiger partial charge in [-0.15, -0.1) is 24.7 Å². The second kappa shape index (κ2) is 31.0. The van der Waals surface area contributed by atoms with Gasteiger partial charge >= 0.3 is 11.9 Å². The molecule has 12 nitrogen and oxygen atoms in total. The zero-order valence-electron chi connectivity index (χ0n) is 34.2. The number of hydrogen-bond acceptors (Lipinski definition) is 11. The van der Waals surface area contributed by atoms with Crippen LogP contribution in [-0.4, -0.2) is 101 Å². The summed E-state index contributed by atoms with van der Waals surface area (Å²) in [5.74, 6) is 6.07. The molecule has 2 fully saturated rings. The van der Waals surface area contributed by atoms with E-state index in [0.717, 1.165) is 57.8 Å². The molecule has 10 unspecified atom stereocenters. The highest BCUT2D eigenvalue weighted by atomic mass is 16.7. The van der Waals surface area contributed by atoms with E-state index in [1.165, 1.54) is 33.6 Å². The summed E-state index contributed by atoms with van der Waals surface area (Å²) in [5, 5.41) is 11.3. The average Bonchev–Trinajstić information content (AvgIpc) is 3.49. The molecule has 0 aromatic carbocycles. The lowest BCUT2D eigenvalue weighted by atomic mass is 9.82. The molecule has 3 aliphatic rings. The van der Waals surface area contributed by atoms with Crippen LogP contribution in [-0.2, 0) is 42.8 Å². The second-order valence-corrected chi connectivity index (χ2v) is 14.3. The van der Waals surface area contributed by atoms with Crippen LogP contribution >= 0.6 is 0 Å². The van der Waals surface area contributed by atoms with Gasteiger partial charge < -0.3 is 38.8 Å². The monoisotopic (exact) mass is 776 g/mol. The highest BCUT2D eigenvalue weighted by molar-refractivity contribution is 5.76. The van der Waals surface area contributed by atoms with Gasteiger partial charge in [0.2, 0.25) is 12.2 Å². The number of carbonyl (C=O) groups is 3. The topological polar surface area (TPSA) is 151 Å². The fourth-order valence-electron chi connectivity index (χ4n) is 6.36. The fourth-order valence-corrected chi connectivity index (χ4v) is 6.36. The van der Waals surface area contributed by atoms with Crippen molar-refractivity contribution in [2.75, 3.05) is 26.4 Å². The summed E-state index contributed by atoms with van der Waals surface area (Å²) >= 11 is 0. The fraction of sp³-hybridized carbons (Fsp3) is 0.810. The third-order valence-electron chi connectivity index (χ3n) is 9.99. The van der Waals surface area contributed by atoms with Crippen LogP contribution < -0.4 is 5.32 Å². The number of unbranched alkanes of at least 4 members (excludes halogenated alkanes) is 9. The molecule has 0 spiro atoms. The van der Waals surface area contributed by atoms with E-state index in [1.807, 2.05) is 13.8 Å². The van der Waals surface area contributed by atoms with Crippen LogP contribution in [0.4, 0.5) is 0 Å². The van der Waals surface area contributed by atoms with Gasteiger partial charge in [0.05, 0.1) is 18.2 Å². The van der Waals surface area contributed by atoms with Crippen molar-refractivity contribution in [2.24, 2.45) is 28.7 Å². The van der Waals surface area contributed by atoms with E-state index in [-0.39, 0.29) is 95.2 Å². The van der Waals surface area contributed by atoms with Gasteiger partial charge in [0, 0.05) is 62.2 Å². The van der Waals surface area contributed by atoms with Gasteiger partial charge in [-0.2, -0.15) is 0 Å². The zero-order chi connectivity index (χ0) is 39.8. The SMILES string of the molecule is C.C#CCCCCCCCCOC1OC(COC(C)=O)C(C)C(C)C1NC(C)=O.C#CCCCCCO.CC(=O)OCC1OC2OC(C)=NC2C(C)C1C.[B]. The van der Waals surface area contributed by atoms with Crippen LogP contribution in [0.1, 0.15) is 133 Å².